The number of halogens is 2. The zero-order valence-electron chi connectivity index (χ0n) is 7.09. The molecule has 0 saturated heterocycles. The maximum absolute atomic E-state index is 13.1. The summed E-state index contributed by atoms with van der Waals surface area (Å²) in [7, 11) is 0. The van der Waals surface area contributed by atoms with Crippen LogP contribution in [-0.4, -0.2) is 12.2 Å². The summed E-state index contributed by atoms with van der Waals surface area (Å²) in [6.45, 7) is 0. The van der Waals surface area contributed by atoms with Gasteiger partial charge in [0.25, 0.3) is 0 Å². The van der Waals surface area contributed by atoms with Crippen molar-refractivity contribution in [3.05, 3.63) is 34.1 Å². The van der Waals surface area contributed by atoms with Crippen LogP contribution in [0.25, 0.3) is 0 Å². The second-order valence-corrected chi connectivity index (χ2v) is 3.37. The second kappa shape index (κ2) is 4.71. The minimum atomic E-state index is -0.395. The van der Waals surface area contributed by atoms with E-state index in [0.29, 0.717) is 10.0 Å². The Balaban J connectivity index is 2.76. The van der Waals surface area contributed by atoms with E-state index in [2.05, 4.69) is 26.5 Å². The van der Waals surface area contributed by atoms with E-state index in [1.807, 2.05) is 0 Å². The van der Waals surface area contributed by atoms with Crippen molar-refractivity contribution in [3.8, 4) is 0 Å². The molecule has 0 unspecified atom stereocenters. The van der Waals surface area contributed by atoms with Crippen LogP contribution < -0.4 is 11.2 Å². The molecule has 1 aromatic carbocycles. The zero-order valence-corrected chi connectivity index (χ0v) is 8.68. The Morgan fingerprint density at radius 2 is 2.36 bits per heavy atom. The lowest BCUT2D eigenvalue weighted by Crippen LogP contribution is -2.25. The zero-order chi connectivity index (χ0) is 10.6. The highest BCUT2D eigenvalue weighted by Crippen LogP contribution is 2.13. The van der Waals surface area contributed by atoms with E-state index in [0.717, 1.165) is 0 Å². The fourth-order valence-corrected chi connectivity index (χ4v) is 1.11. The third-order valence-electron chi connectivity index (χ3n) is 1.35. The predicted octanol–water partition coefficient (Wildman–Crippen LogP) is 1.41. The van der Waals surface area contributed by atoms with Gasteiger partial charge in [-0.2, -0.15) is 5.10 Å². The number of hydrazone groups is 1. The standard InChI is InChI=1S/C8H8BrFN4/c9-6-2-1-5(7(10)3-6)4-13-14-8(11)12/h1-4H,(H4,11,12,14)/b13-4+. The van der Waals surface area contributed by atoms with Crippen LogP contribution in [0.2, 0.25) is 0 Å². The molecule has 14 heavy (non-hydrogen) atoms. The van der Waals surface area contributed by atoms with Crippen molar-refractivity contribution in [2.45, 2.75) is 0 Å². The molecule has 6 heteroatoms. The van der Waals surface area contributed by atoms with Gasteiger partial charge >= 0.3 is 0 Å². The summed E-state index contributed by atoms with van der Waals surface area (Å²) in [4.78, 5) is 0. The molecular weight excluding hydrogens is 251 g/mol. The SMILES string of the molecule is N=C(N)N/N=C/c1ccc(Br)cc1F. The lowest BCUT2D eigenvalue weighted by atomic mass is 10.2. The van der Waals surface area contributed by atoms with Gasteiger partial charge in [-0.25, -0.2) is 9.82 Å². The lowest BCUT2D eigenvalue weighted by molar-refractivity contribution is 0.625. The first-order valence-corrected chi connectivity index (χ1v) is 4.47. The van der Waals surface area contributed by atoms with Gasteiger partial charge in [0.15, 0.2) is 0 Å². The summed E-state index contributed by atoms with van der Waals surface area (Å²) in [5.41, 5.74) is 7.49. The van der Waals surface area contributed by atoms with Gasteiger partial charge in [-0.1, -0.05) is 15.9 Å². The van der Waals surface area contributed by atoms with Crippen LogP contribution >= 0.6 is 15.9 Å². The Morgan fingerprint density at radius 1 is 1.64 bits per heavy atom. The van der Waals surface area contributed by atoms with Crippen LogP contribution in [0.4, 0.5) is 4.39 Å². The molecule has 74 valence electrons. The first-order valence-electron chi connectivity index (χ1n) is 3.68. The highest BCUT2D eigenvalue weighted by molar-refractivity contribution is 9.10. The first kappa shape index (κ1) is 10.6. The van der Waals surface area contributed by atoms with E-state index in [1.165, 1.54) is 12.3 Å². The molecule has 0 aliphatic rings. The molecule has 1 aromatic rings. The number of hydrogen-bond acceptors (Lipinski definition) is 2. The van der Waals surface area contributed by atoms with E-state index in [-0.39, 0.29) is 5.96 Å². The van der Waals surface area contributed by atoms with Gasteiger partial charge in [0.1, 0.15) is 5.82 Å². The normalized spacial score (nSPS) is 10.4. The summed E-state index contributed by atoms with van der Waals surface area (Å²) in [5.74, 6) is -0.688. The largest absolute Gasteiger partial charge is 0.369 e. The van der Waals surface area contributed by atoms with E-state index in [1.54, 1.807) is 12.1 Å². The molecule has 4 nitrogen and oxygen atoms in total. The lowest BCUT2D eigenvalue weighted by Gasteiger charge is -1.97. The van der Waals surface area contributed by atoms with Crippen LogP contribution in [0, 0.1) is 11.2 Å². The summed E-state index contributed by atoms with van der Waals surface area (Å²) in [6.07, 6.45) is 1.25. The quantitative estimate of drug-likeness (QED) is 0.426. The molecule has 0 aromatic heterocycles. The fourth-order valence-electron chi connectivity index (χ4n) is 0.778. The molecule has 0 saturated carbocycles. The number of benzene rings is 1. The summed E-state index contributed by atoms with van der Waals surface area (Å²) >= 11 is 3.13. The van der Waals surface area contributed by atoms with Crippen molar-refractivity contribution in [3.63, 3.8) is 0 Å². The van der Waals surface area contributed by atoms with Gasteiger partial charge in [0.2, 0.25) is 5.96 Å². The van der Waals surface area contributed by atoms with E-state index < -0.39 is 5.82 Å². The fraction of sp³-hybridized carbons (Fsp3) is 0. The number of nitrogens with zero attached hydrogens (tertiary/aromatic N) is 1. The van der Waals surface area contributed by atoms with Crippen molar-refractivity contribution < 1.29 is 4.39 Å². The molecule has 4 N–H and O–H groups in total. The molecule has 0 spiro atoms. The number of hydrogen-bond donors (Lipinski definition) is 3. The first-order chi connectivity index (χ1) is 6.59. The van der Waals surface area contributed by atoms with Crippen LogP contribution in [0.3, 0.4) is 0 Å². The molecule has 0 aliphatic heterocycles. The highest BCUT2D eigenvalue weighted by Gasteiger charge is 1.98. The number of nitrogens with one attached hydrogen (secondary N) is 2. The Labute approximate surface area is 88.6 Å². The van der Waals surface area contributed by atoms with Gasteiger partial charge in [0.05, 0.1) is 6.21 Å². The molecule has 0 amide bonds. The van der Waals surface area contributed by atoms with Gasteiger partial charge in [-0.05, 0) is 18.2 Å². The van der Waals surface area contributed by atoms with Crippen LogP contribution in [-0.2, 0) is 0 Å². The van der Waals surface area contributed by atoms with Crippen molar-refractivity contribution in [1.82, 2.24) is 5.43 Å². The van der Waals surface area contributed by atoms with Crippen molar-refractivity contribution in [1.29, 1.82) is 5.41 Å². The third-order valence-corrected chi connectivity index (χ3v) is 1.84. The molecule has 0 fully saturated rings. The van der Waals surface area contributed by atoms with Gasteiger partial charge in [-0.15, -0.1) is 0 Å². The summed E-state index contributed by atoms with van der Waals surface area (Å²) in [5, 5.41) is 10.4. The highest BCUT2D eigenvalue weighted by atomic mass is 79.9. The van der Waals surface area contributed by atoms with E-state index in [9.17, 15) is 4.39 Å². The molecule has 0 atom stereocenters. The number of guanidine groups is 1. The average molecular weight is 259 g/mol. The minimum Gasteiger partial charge on any atom is -0.369 e. The van der Waals surface area contributed by atoms with Crippen molar-refractivity contribution in [2.75, 3.05) is 0 Å². The van der Waals surface area contributed by atoms with Crippen molar-refractivity contribution in [2.24, 2.45) is 10.8 Å². The average Bonchev–Trinajstić information content (AvgIpc) is 2.08. The van der Waals surface area contributed by atoms with Crippen LogP contribution in [0.1, 0.15) is 5.56 Å². The number of nitrogens with two attached hydrogens (primary N) is 1. The molecule has 0 heterocycles. The molecule has 0 aliphatic carbocycles. The Morgan fingerprint density at radius 3 is 2.93 bits per heavy atom. The Hall–Kier alpha value is -1.43. The Kier molecular flexibility index (Phi) is 3.58. The third kappa shape index (κ3) is 3.14. The monoisotopic (exact) mass is 258 g/mol. The van der Waals surface area contributed by atoms with E-state index in [4.69, 9.17) is 11.1 Å². The summed E-state index contributed by atoms with van der Waals surface area (Å²) < 4.78 is 13.8. The van der Waals surface area contributed by atoms with Crippen LogP contribution in [0.15, 0.2) is 27.8 Å². The number of rotatable bonds is 2. The van der Waals surface area contributed by atoms with Crippen LogP contribution in [0.5, 0.6) is 0 Å². The smallest absolute Gasteiger partial charge is 0.206 e. The van der Waals surface area contributed by atoms with Gasteiger partial charge in [-0.3, -0.25) is 5.41 Å². The van der Waals surface area contributed by atoms with Crippen molar-refractivity contribution >= 4 is 28.1 Å². The topological polar surface area (TPSA) is 74.3 Å². The maximum atomic E-state index is 13.1. The van der Waals surface area contributed by atoms with E-state index >= 15 is 0 Å². The van der Waals surface area contributed by atoms with Gasteiger partial charge < -0.3 is 5.73 Å². The Bertz CT molecular complexity index is 378. The molecule has 1 rings (SSSR count). The molecule has 0 radical (unpaired) electrons. The maximum Gasteiger partial charge on any atom is 0.206 e. The van der Waals surface area contributed by atoms with Gasteiger partial charge in [0, 0.05) is 10.0 Å². The molecular formula is C8H8BrFN4. The second-order valence-electron chi connectivity index (χ2n) is 2.45. The molecule has 0 bridgehead atoms. The summed E-state index contributed by atoms with van der Waals surface area (Å²) in [6, 6.07) is 4.58. The minimum absolute atomic E-state index is 0.293. The predicted molar refractivity (Wildman–Crippen MR) is 56.7 cm³/mol.